The van der Waals surface area contributed by atoms with Crippen molar-refractivity contribution in [3.63, 3.8) is 0 Å². The first-order valence-electron chi connectivity index (χ1n) is 20.5. The molecule has 7 rings (SSSR count). The molecule has 1 aromatic rings. The Morgan fingerprint density at radius 1 is 1.00 bits per heavy atom. The Hall–Kier alpha value is -2.77. The highest BCUT2D eigenvalue weighted by atomic mass is 16.5. The van der Waals surface area contributed by atoms with Gasteiger partial charge >= 0.3 is 0 Å². The molecule has 9 atom stereocenters. The van der Waals surface area contributed by atoms with Crippen LogP contribution in [0.1, 0.15) is 117 Å². The molecule has 2 saturated heterocycles. The van der Waals surface area contributed by atoms with Gasteiger partial charge in [0.25, 0.3) is 0 Å². The van der Waals surface area contributed by atoms with Crippen LogP contribution in [0.15, 0.2) is 53.1 Å². The quantitative estimate of drug-likeness (QED) is 0.176. The van der Waals surface area contributed by atoms with Gasteiger partial charge in [-0.25, -0.2) is 0 Å². The largest absolute Gasteiger partial charge is 0.365 e. The lowest BCUT2D eigenvalue weighted by atomic mass is 9.57. The number of Topliss-reactive ketones (excluding diaryl/α,β-unsaturated/α-hetero) is 1. The van der Waals surface area contributed by atoms with E-state index in [1.807, 2.05) is 18.2 Å². The summed E-state index contributed by atoms with van der Waals surface area (Å²) in [5.74, 6) is 3.68. The molecule has 0 bridgehead atoms. The second-order valence-corrected chi connectivity index (χ2v) is 17.5. The van der Waals surface area contributed by atoms with Crippen molar-refractivity contribution in [2.45, 2.75) is 135 Å². The summed E-state index contributed by atoms with van der Waals surface area (Å²) in [6.45, 7) is 13.0. The smallest absolute Gasteiger partial charge is 0.220 e. The topological polar surface area (TPSA) is 87.7 Å². The van der Waals surface area contributed by atoms with Crippen LogP contribution >= 0.6 is 0 Å². The van der Waals surface area contributed by atoms with E-state index in [1.54, 1.807) is 11.1 Å². The summed E-state index contributed by atoms with van der Waals surface area (Å²) < 4.78 is 7.32. The molecular formula is C44H63N3O4. The fourth-order valence-corrected chi connectivity index (χ4v) is 11.8. The van der Waals surface area contributed by atoms with Crippen LogP contribution in [0.3, 0.4) is 0 Å². The summed E-state index contributed by atoms with van der Waals surface area (Å²) in [6.07, 6.45) is 15.4. The van der Waals surface area contributed by atoms with Crippen LogP contribution in [0, 0.1) is 35.0 Å². The Kier molecular flexibility index (Phi) is 11.0. The normalized spacial score (nSPS) is 35.9. The summed E-state index contributed by atoms with van der Waals surface area (Å²) >= 11 is 0. The summed E-state index contributed by atoms with van der Waals surface area (Å²) in [6, 6.07) is 10.5. The number of ether oxygens (including phenoxy) is 1. The first-order valence-corrected chi connectivity index (χ1v) is 20.5. The predicted octanol–water partition coefficient (Wildman–Crippen LogP) is 7.35. The average molecular weight is 698 g/mol. The van der Waals surface area contributed by atoms with E-state index in [0.29, 0.717) is 73.8 Å². The number of carbonyl (C=O) groups excluding carboxylic acids is 3. The third-order valence-corrected chi connectivity index (χ3v) is 14.6. The molecule has 51 heavy (non-hydrogen) atoms. The first kappa shape index (κ1) is 36.6. The van der Waals surface area contributed by atoms with E-state index in [4.69, 9.17) is 4.74 Å². The van der Waals surface area contributed by atoms with E-state index in [0.717, 1.165) is 70.9 Å². The van der Waals surface area contributed by atoms with Gasteiger partial charge in [0, 0.05) is 63.8 Å². The Bertz CT molecular complexity index is 1520. The van der Waals surface area contributed by atoms with Crippen molar-refractivity contribution < 1.29 is 19.1 Å². The molecule has 4 aliphatic carbocycles. The molecule has 7 heteroatoms. The van der Waals surface area contributed by atoms with Crippen molar-refractivity contribution in [3.8, 4) is 0 Å². The molecule has 6 aliphatic rings. The van der Waals surface area contributed by atoms with Crippen molar-refractivity contribution in [1.82, 2.24) is 15.5 Å². The number of nitrogens with one attached hydrogen (secondary N) is 2. The molecule has 0 aromatic heterocycles. The number of benzene rings is 1. The molecular weight excluding hydrogens is 635 g/mol. The summed E-state index contributed by atoms with van der Waals surface area (Å²) in [5.41, 5.74) is 5.87. The molecule has 2 N–H and O–H groups in total. The van der Waals surface area contributed by atoms with Gasteiger partial charge in [0.15, 0.2) is 0 Å². The fourth-order valence-electron chi connectivity index (χ4n) is 11.8. The number of amides is 2. The minimum absolute atomic E-state index is 0.0962. The standard InChI is InChI=1S/C44H63N3O4/c1-29-25-39-42(47(28-29)24-23-46-40(49)13-9-6-10-22-45-41(50)17-14-32-11-7-5-8-12-32)31(3)44(51-39)21-19-35-36-16-15-33-26-34(48)18-20-43(33,4)38(36)27-37(35)30(44)2/h5,7-8,11-12,15,29,31,35-36,38-39,42H,6,9-10,13-14,16-28H2,1-4H3,(H,45,50)(H,46,49)/t29-,31+,35+,36-,38+,39+,42-,43-,44+/m0/s1. The third kappa shape index (κ3) is 7.28. The van der Waals surface area contributed by atoms with Crippen molar-refractivity contribution in [3.05, 3.63) is 58.7 Å². The van der Waals surface area contributed by atoms with E-state index < -0.39 is 0 Å². The SMILES string of the molecule is CC1=C2C[C@@H]3[C@@H](CC=C4CC(=O)CC[C@@]43C)[C@H]2CC[C@@]12O[C@@H]1C[C@H](C)CN(CCNC(=O)CCCCCNC(=O)CCc3ccccc3)[C@H]1[C@H]2C. The van der Waals surface area contributed by atoms with Gasteiger partial charge in [-0.2, -0.15) is 0 Å². The summed E-state index contributed by atoms with van der Waals surface area (Å²) in [5, 5.41) is 6.25. The van der Waals surface area contributed by atoms with Crippen LogP contribution in [-0.4, -0.2) is 66.4 Å². The summed E-state index contributed by atoms with van der Waals surface area (Å²) in [7, 11) is 0. The van der Waals surface area contributed by atoms with E-state index in [2.05, 4.69) is 61.4 Å². The van der Waals surface area contributed by atoms with Gasteiger partial charge in [-0.05, 0) is 105 Å². The number of hydrogen-bond donors (Lipinski definition) is 2. The van der Waals surface area contributed by atoms with E-state index >= 15 is 0 Å². The summed E-state index contributed by atoms with van der Waals surface area (Å²) in [4.78, 5) is 40.0. The number of rotatable bonds is 12. The Balaban J connectivity index is 0.881. The van der Waals surface area contributed by atoms with Crippen LogP contribution < -0.4 is 10.6 Å². The number of allylic oxidation sites excluding steroid dienone is 3. The molecule has 2 heterocycles. The lowest BCUT2D eigenvalue weighted by Crippen LogP contribution is -2.54. The zero-order valence-electron chi connectivity index (χ0n) is 31.8. The van der Waals surface area contributed by atoms with Gasteiger partial charge in [0.05, 0.1) is 11.7 Å². The number of ketones is 1. The zero-order chi connectivity index (χ0) is 35.8. The highest BCUT2D eigenvalue weighted by Crippen LogP contribution is 2.65. The molecule has 0 radical (unpaired) electrons. The van der Waals surface area contributed by atoms with Gasteiger partial charge in [0.2, 0.25) is 11.8 Å². The number of nitrogens with zero attached hydrogens (tertiary/aromatic N) is 1. The van der Waals surface area contributed by atoms with Crippen molar-refractivity contribution >= 4 is 17.6 Å². The van der Waals surface area contributed by atoms with Crippen molar-refractivity contribution in [2.24, 2.45) is 35.0 Å². The zero-order valence-corrected chi connectivity index (χ0v) is 31.8. The van der Waals surface area contributed by atoms with Crippen LogP contribution in [0.4, 0.5) is 0 Å². The van der Waals surface area contributed by atoms with Gasteiger partial charge in [-0.15, -0.1) is 0 Å². The number of carbonyl (C=O) groups is 3. The molecule has 1 spiro atoms. The van der Waals surface area contributed by atoms with Crippen LogP contribution in [0.25, 0.3) is 0 Å². The Labute approximate surface area is 306 Å². The maximum atomic E-state index is 12.8. The fraction of sp³-hybridized carbons (Fsp3) is 0.705. The number of hydrogen-bond acceptors (Lipinski definition) is 5. The van der Waals surface area contributed by atoms with Crippen LogP contribution in [0.5, 0.6) is 0 Å². The molecule has 4 fully saturated rings. The minimum atomic E-state index is -0.179. The third-order valence-electron chi connectivity index (χ3n) is 14.6. The maximum Gasteiger partial charge on any atom is 0.220 e. The number of likely N-dealkylation sites (tertiary alicyclic amines) is 1. The number of piperidine rings is 1. The van der Waals surface area contributed by atoms with E-state index in [1.165, 1.54) is 24.0 Å². The molecule has 2 saturated carbocycles. The molecule has 2 amide bonds. The van der Waals surface area contributed by atoms with Crippen molar-refractivity contribution in [2.75, 3.05) is 26.2 Å². The second-order valence-electron chi connectivity index (χ2n) is 17.5. The average Bonchev–Trinajstić information content (AvgIpc) is 3.64. The lowest BCUT2D eigenvalue weighted by molar-refractivity contribution is -0.122. The Morgan fingerprint density at radius 3 is 2.61 bits per heavy atom. The lowest BCUT2D eigenvalue weighted by Gasteiger charge is -2.47. The van der Waals surface area contributed by atoms with E-state index in [9.17, 15) is 14.4 Å². The monoisotopic (exact) mass is 697 g/mol. The number of unbranched alkanes of at least 4 members (excludes halogenated alkanes) is 2. The van der Waals surface area contributed by atoms with Gasteiger partial charge in [-0.1, -0.05) is 74.7 Å². The molecule has 278 valence electrons. The van der Waals surface area contributed by atoms with Gasteiger partial charge < -0.3 is 15.4 Å². The van der Waals surface area contributed by atoms with Crippen LogP contribution in [0.2, 0.25) is 0 Å². The maximum absolute atomic E-state index is 12.8. The molecule has 7 nitrogen and oxygen atoms in total. The van der Waals surface area contributed by atoms with Gasteiger partial charge in [-0.3, -0.25) is 19.3 Å². The highest BCUT2D eigenvalue weighted by Gasteiger charge is 2.61. The Morgan fingerprint density at radius 2 is 1.78 bits per heavy atom. The second kappa shape index (κ2) is 15.3. The molecule has 1 aromatic carbocycles. The molecule has 0 unspecified atom stereocenters. The highest BCUT2D eigenvalue weighted by molar-refractivity contribution is 5.82. The number of aryl methyl sites for hydroxylation is 1. The first-order chi connectivity index (χ1) is 24.6. The number of fused-ring (bicyclic) bond motifs is 6. The molecule has 2 aliphatic heterocycles. The van der Waals surface area contributed by atoms with Gasteiger partial charge in [0.1, 0.15) is 5.78 Å². The minimum Gasteiger partial charge on any atom is -0.365 e. The van der Waals surface area contributed by atoms with Crippen molar-refractivity contribution in [1.29, 1.82) is 0 Å². The van der Waals surface area contributed by atoms with Crippen LogP contribution in [-0.2, 0) is 25.5 Å². The van der Waals surface area contributed by atoms with E-state index in [-0.39, 0.29) is 28.9 Å². The predicted molar refractivity (Wildman–Crippen MR) is 202 cm³/mol.